The molecule has 0 aliphatic heterocycles. The van der Waals surface area contributed by atoms with E-state index in [1.807, 2.05) is 12.1 Å². The zero-order valence-electron chi connectivity index (χ0n) is 10.1. The number of thiazole rings is 1. The second-order valence-electron chi connectivity index (χ2n) is 3.94. The third-order valence-corrected chi connectivity index (χ3v) is 3.59. The Kier molecular flexibility index (Phi) is 4.04. The van der Waals surface area contributed by atoms with Crippen molar-refractivity contribution in [1.82, 2.24) is 9.97 Å². The van der Waals surface area contributed by atoms with Crippen LogP contribution in [0.4, 0.5) is 0 Å². The highest BCUT2D eigenvalue weighted by atomic mass is 32.1. The zero-order valence-corrected chi connectivity index (χ0v) is 10.9. The molecule has 0 spiro atoms. The summed E-state index contributed by atoms with van der Waals surface area (Å²) in [7, 11) is 0. The van der Waals surface area contributed by atoms with E-state index in [2.05, 4.69) is 16.9 Å². The number of nitrogens with zero attached hydrogens (tertiary/aromatic N) is 2. The number of carbonyl (C=O) groups is 1. The molecule has 0 aliphatic carbocycles. The summed E-state index contributed by atoms with van der Waals surface area (Å²) < 4.78 is 0. The Morgan fingerprint density at radius 1 is 1.39 bits per heavy atom. The molecule has 0 saturated heterocycles. The molecule has 0 atom stereocenters. The van der Waals surface area contributed by atoms with Gasteiger partial charge in [0.15, 0.2) is 0 Å². The number of carboxylic acids is 1. The molecule has 94 valence electrons. The van der Waals surface area contributed by atoms with Crippen LogP contribution in [0.5, 0.6) is 0 Å². The van der Waals surface area contributed by atoms with E-state index in [1.54, 1.807) is 12.4 Å². The van der Waals surface area contributed by atoms with Gasteiger partial charge in [0.25, 0.3) is 0 Å². The van der Waals surface area contributed by atoms with E-state index in [0.29, 0.717) is 0 Å². The second kappa shape index (κ2) is 5.73. The van der Waals surface area contributed by atoms with E-state index in [9.17, 15) is 4.79 Å². The van der Waals surface area contributed by atoms with Gasteiger partial charge in [-0.05, 0) is 25.0 Å². The molecule has 0 saturated carbocycles. The van der Waals surface area contributed by atoms with Crippen molar-refractivity contribution in [3.05, 3.63) is 34.4 Å². The Labute approximate surface area is 109 Å². The average Bonchev–Trinajstić information content (AvgIpc) is 2.73. The maximum atomic E-state index is 10.9. The van der Waals surface area contributed by atoms with Crippen molar-refractivity contribution in [2.24, 2.45) is 0 Å². The molecule has 2 aromatic rings. The van der Waals surface area contributed by atoms with Gasteiger partial charge < -0.3 is 5.11 Å². The maximum Gasteiger partial charge on any atom is 0.308 e. The van der Waals surface area contributed by atoms with Gasteiger partial charge in [-0.2, -0.15) is 0 Å². The number of aromatic nitrogens is 2. The van der Waals surface area contributed by atoms with E-state index in [-0.39, 0.29) is 6.42 Å². The number of hydrogen-bond acceptors (Lipinski definition) is 4. The van der Waals surface area contributed by atoms with Crippen LogP contribution in [0.25, 0.3) is 11.3 Å². The molecule has 0 bridgehead atoms. The number of carboxylic acid groups (broad SMARTS) is 1. The molecular weight excluding hydrogens is 248 g/mol. The molecule has 2 heterocycles. The van der Waals surface area contributed by atoms with E-state index in [1.165, 1.54) is 11.3 Å². The number of pyridine rings is 1. The van der Waals surface area contributed by atoms with Crippen LogP contribution in [0.15, 0.2) is 24.5 Å². The summed E-state index contributed by atoms with van der Waals surface area (Å²) in [6, 6.07) is 3.71. The lowest BCUT2D eigenvalue weighted by Gasteiger charge is -1.99. The number of hydrogen-bond donors (Lipinski definition) is 1. The first kappa shape index (κ1) is 12.7. The van der Waals surface area contributed by atoms with Gasteiger partial charge in [0.05, 0.1) is 17.1 Å². The number of aryl methyl sites for hydroxylation is 1. The summed E-state index contributed by atoms with van der Waals surface area (Å²) in [6.07, 6.45) is 5.31. The van der Waals surface area contributed by atoms with Crippen molar-refractivity contribution >= 4 is 17.3 Å². The zero-order chi connectivity index (χ0) is 13.0. The van der Waals surface area contributed by atoms with Crippen LogP contribution in [0.2, 0.25) is 0 Å². The smallest absolute Gasteiger partial charge is 0.308 e. The van der Waals surface area contributed by atoms with Crippen molar-refractivity contribution in [2.75, 3.05) is 0 Å². The van der Waals surface area contributed by atoms with Gasteiger partial charge >= 0.3 is 5.97 Å². The monoisotopic (exact) mass is 262 g/mol. The molecule has 5 heteroatoms. The van der Waals surface area contributed by atoms with Crippen LogP contribution in [0, 0.1) is 0 Å². The molecule has 0 aliphatic rings. The standard InChI is InChI=1S/C13H14N2O2S/c1-2-3-11-15-13(9-4-6-14-7-5-9)10(18-11)8-12(16)17/h4-7H,2-3,8H2,1H3,(H,16,17). The van der Waals surface area contributed by atoms with Gasteiger partial charge in [-0.25, -0.2) is 4.98 Å². The topological polar surface area (TPSA) is 63.1 Å². The Morgan fingerprint density at radius 3 is 2.72 bits per heavy atom. The van der Waals surface area contributed by atoms with Crippen molar-refractivity contribution in [3.63, 3.8) is 0 Å². The van der Waals surface area contributed by atoms with Gasteiger partial charge in [0.2, 0.25) is 0 Å². The molecule has 0 fully saturated rings. The number of rotatable bonds is 5. The van der Waals surface area contributed by atoms with Crippen LogP contribution in [0.3, 0.4) is 0 Å². The number of aliphatic carboxylic acids is 1. The maximum absolute atomic E-state index is 10.9. The highest BCUT2D eigenvalue weighted by Gasteiger charge is 2.15. The summed E-state index contributed by atoms with van der Waals surface area (Å²) in [5, 5.41) is 9.94. The quantitative estimate of drug-likeness (QED) is 0.900. The van der Waals surface area contributed by atoms with Crippen LogP contribution < -0.4 is 0 Å². The van der Waals surface area contributed by atoms with Crippen LogP contribution >= 0.6 is 11.3 Å². The summed E-state index contributed by atoms with van der Waals surface area (Å²) in [5.41, 5.74) is 1.72. The second-order valence-corrected chi connectivity index (χ2v) is 5.10. The summed E-state index contributed by atoms with van der Waals surface area (Å²) in [5.74, 6) is -0.822. The van der Waals surface area contributed by atoms with E-state index in [0.717, 1.165) is 34.0 Å². The summed E-state index contributed by atoms with van der Waals surface area (Å²) in [4.78, 5) is 20.2. The third-order valence-electron chi connectivity index (χ3n) is 2.47. The first-order chi connectivity index (χ1) is 8.70. The van der Waals surface area contributed by atoms with E-state index < -0.39 is 5.97 Å². The molecule has 1 N–H and O–H groups in total. The molecule has 2 aromatic heterocycles. The fourth-order valence-corrected chi connectivity index (χ4v) is 2.90. The SMILES string of the molecule is CCCc1nc(-c2ccncc2)c(CC(=O)O)s1. The van der Waals surface area contributed by atoms with Crippen LogP contribution in [-0.2, 0) is 17.6 Å². The predicted molar refractivity (Wildman–Crippen MR) is 70.7 cm³/mol. The van der Waals surface area contributed by atoms with Crippen molar-refractivity contribution in [3.8, 4) is 11.3 Å². The molecular formula is C13H14N2O2S. The van der Waals surface area contributed by atoms with E-state index in [4.69, 9.17) is 5.11 Å². The first-order valence-electron chi connectivity index (χ1n) is 5.81. The molecule has 18 heavy (non-hydrogen) atoms. The highest BCUT2D eigenvalue weighted by Crippen LogP contribution is 2.29. The van der Waals surface area contributed by atoms with Gasteiger partial charge in [0.1, 0.15) is 0 Å². The molecule has 0 aromatic carbocycles. The third kappa shape index (κ3) is 2.92. The summed E-state index contributed by atoms with van der Waals surface area (Å²) in [6.45, 7) is 2.09. The van der Waals surface area contributed by atoms with Crippen molar-refractivity contribution in [1.29, 1.82) is 0 Å². The lowest BCUT2D eigenvalue weighted by atomic mass is 10.1. The molecule has 0 unspecified atom stereocenters. The lowest BCUT2D eigenvalue weighted by molar-refractivity contribution is -0.136. The Morgan fingerprint density at radius 2 is 2.11 bits per heavy atom. The molecule has 0 amide bonds. The van der Waals surface area contributed by atoms with Crippen LogP contribution in [-0.4, -0.2) is 21.0 Å². The largest absolute Gasteiger partial charge is 0.481 e. The van der Waals surface area contributed by atoms with Gasteiger partial charge in [-0.15, -0.1) is 11.3 Å². The Balaban J connectivity index is 2.40. The minimum absolute atomic E-state index is 0.0268. The molecule has 4 nitrogen and oxygen atoms in total. The molecule has 2 rings (SSSR count). The Bertz CT molecular complexity index is 537. The van der Waals surface area contributed by atoms with Crippen molar-refractivity contribution < 1.29 is 9.90 Å². The van der Waals surface area contributed by atoms with Crippen LogP contribution in [0.1, 0.15) is 23.2 Å². The van der Waals surface area contributed by atoms with Gasteiger partial charge in [-0.1, -0.05) is 6.92 Å². The summed E-state index contributed by atoms with van der Waals surface area (Å²) >= 11 is 1.49. The van der Waals surface area contributed by atoms with Gasteiger partial charge in [0, 0.05) is 22.8 Å². The lowest BCUT2D eigenvalue weighted by Crippen LogP contribution is -1.99. The normalized spacial score (nSPS) is 10.5. The minimum atomic E-state index is -0.822. The Hall–Kier alpha value is -1.75. The molecule has 0 radical (unpaired) electrons. The van der Waals surface area contributed by atoms with Gasteiger partial charge in [-0.3, -0.25) is 9.78 Å². The average molecular weight is 262 g/mol. The van der Waals surface area contributed by atoms with E-state index >= 15 is 0 Å². The minimum Gasteiger partial charge on any atom is -0.481 e. The van der Waals surface area contributed by atoms with Crippen molar-refractivity contribution in [2.45, 2.75) is 26.2 Å². The first-order valence-corrected chi connectivity index (χ1v) is 6.63. The fourth-order valence-electron chi connectivity index (χ4n) is 1.71. The fraction of sp³-hybridized carbons (Fsp3) is 0.308. The highest BCUT2D eigenvalue weighted by molar-refractivity contribution is 7.12. The predicted octanol–water partition coefficient (Wildman–Crippen LogP) is 2.78.